The number of hydrogen-bond donors (Lipinski definition) is 2. The van der Waals surface area contributed by atoms with Crippen LogP contribution in [-0.2, 0) is 4.74 Å². The van der Waals surface area contributed by atoms with Gasteiger partial charge in [0.25, 0.3) is 0 Å². The van der Waals surface area contributed by atoms with Crippen LogP contribution in [0.3, 0.4) is 0 Å². The van der Waals surface area contributed by atoms with Crippen molar-refractivity contribution in [3.63, 3.8) is 0 Å². The number of anilines is 2. The minimum absolute atomic E-state index is 0.00441. The van der Waals surface area contributed by atoms with E-state index in [-0.39, 0.29) is 12.2 Å². The monoisotopic (exact) mass is 520 g/mol. The quantitative estimate of drug-likeness (QED) is 0.265. The molecule has 0 saturated heterocycles. The van der Waals surface area contributed by atoms with Crippen LogP contribution in [0.4, 0.5) is 11.4 Å². The Hall–Kier alpha value is -1.48. The second kappa shape index (κ2) is 10.8. The molecule has 0 amide bonds. The molecule has 1 aromatic carbocycles. The van der Waals surface area contributed by atoms with Gasteiger partial charge in [-0.2, -0.15) is 0 Å². The first-order valence-electron chi connectivity index (χ1n) is 16.0. The molecule has 38 heavy (non-hydrogen) atoms. The van der Waals surface area contributed by atoms with Gasteiger partial charge in [-0.1, -0.05) is 71.6 Å². The average Bonchev–Trinajstić information content (AvgIpc) is 3.21. The van der Waals surface area contributed by atoms with E-state index >= 15 is 0 Å². The summed E-state index contributed by atoms with van der Waals surface area (Å²) >= 11 is 0. The molecule has 1 unspecified atom stereocenters. The highest BCUT2D eigenvalue weighted by Crippen LogP contribution is 2.67. The van der Waals surface area contributed by atoms with Gasteiger partial charge in [0.1, 0.15) is 0 Å². The van der Waals surface area contributed by atoms with Crippen molar-refractivity contribution in [2.24, 2.45) is 46.3 Å². The molecule has 4 aliphatic rings. The van der Waals surface area contributed by atoms with E-state index in [1.165, 1.54) is 57.8 Å². The zero-order valence-corrected chi connectivity index (χ0v) is 25.3. The van der Waals surface area contributed by atoms with E-state index in [0.717, 1.165) is 59.6 Å². The van der Waals surface area contributed by atoms with Crippen molar-refractivity contribution in [1.29, 1.82) is 0 Å². The van der Waals surface area contributed by atoms with Crippen LogP contribution in [0.25, 0.3) is 0 Å². The van der Waals surface area contributed by atoms with Crippen molar-refractivity contribution in [2.75, 3.05) is 11.5 Å². The first-order valence-corrected chi connectivity index (χ1v) is 16.0. The van der Waals surface area contributed by atoms with Gasteiger partial charge in [-0.3, -0.25) is 0 Å². The third-order valence-electron chi connectivity index (χ3n) is 12.2. The van der Waals surface area contributed by atoms with E-state index in [4.69, 9.17) is 16.2 Å². The Balaban J connectivity index is 1.25. The minimum atomic E-state index is -0.00441. The van der Waals surface area contributed by atoms with Gasteiger partial charge in [-0.15, -0.1) is 0 Å². The molecule has 0 bridgehead atoms. The third-order valence-corrected chi connectivity index (χ3v) is 12.2. The van der Waals surface area contributed by atoms with Gasteiger partial charge in [0.05, 0.1) is 12.2 Å². The standard InChI is InChI=1S/C35H56N2O/c1-22(2)8-7-9-23(3)30-14-15-31-29-12-10-25-20-27(38-24(4)28-13-11-26(36)21-33(28)37)16-18-34(25,5)32(29)17-19-35(30,31)6/h10-11,13,21-24,27,29-32H,7-9,12,14-20,36-37H2,1-6H3/t23-,24?,27+,29+,30-,31+,32+,34+,35-/m1/s1. The fourth-order valence-electron chi connectivity index (χ4n) is 10.1. The highest BCUT2D eigenvalue weighted by Gasteiger charge is 2.59. The van der Waals surface area contributed by atoms with E-state index in [9.17, 15) is 0 Å². The highest BCUT2D eigenvalue weighted by molar-refractivity contribution is 5.57. The molecular weight excluding hydrogens is 464 g/mol. The summed E-state index contributed by atoms with van der Waals surface area (Å²) in [5.41, 5.74) is 17.3. The molecule has 5 rings (SSSR count). The van der Waals surface area contributed by atoms with Gasteiger partial charge in [-0.05, 0) is 117 Å². The summed E-state index contributed by atoms with van der Waals surface area (Å²) in [4.78, 5) is 0. The Bertz CT molecular complexity index is 1020. The second-order valence-electron chi connectivity index (χ2n) is 14.8. The zero-order valence-electron chi connectivity index (χ0n) is 25.3. The SMILES string of the molecule is CC(C)CCC[C@@H](C)[C@H]1CC[C@H]2[C@@H]3CC=C4C[C@@H](OC(C)c5ccc(N)cc5N)CC[C@]4(C)[C@H]3CC[C@]12C. The van der Waals surface area contributed by atoms with E-state index in [0.29, 0.717) is 16.5 Å². The predicted octanol–water partition coefficient (Wildman–Crippen LogP) is 9.34. The summed E-state index contributed by atoms with van der Waals surface area (Å²) in [6.07, 6.45) is 17.9. The van der Waals surface area contributed by atoms with Crippen LogP contribution >= 0.6 is 0 Å². The van der Waals surface area contributed by atoms with Gasteiger partial charge < -0.3 is 16.2 Å². The highest BCUT2D eigenvalue weighted by atomic mass is 16.5. The molecule has 3 saturated carbocycles. The number of allylic oxidation sites excluding steroid dienone is 1. The fraction of sp³-hybridized carbons (Fsp3) is 0.771. The molecule has 0 spiro atoms. The third kappa shape index (κ3) is 5.06. The van der Waals surface area contributed by atoms with Gasteiger partial charge in [0, 0.05) is 16.9 Å². The summed E-state index contributed by atoms with van der Waals surface area (Å²) in [6, 6.07) is 5.82. The number of ether oxygens (including phenoxy) is 1. The van der Waals surface area contributed by atoms with Gasteiger partial charge in [-0.25, -0.2) is 0 Å². The molecule has 4 aliphatic carbocycles. The molecule has 4 N–H and O–H groups in total. The van der Waals surface area contributed by atoms with Gasteiger partial charge >= 0.3 is 0 Å². The van der Waals surface area contributed by atoms with E-state index < -0.39 is 0 Å². The van der Waals surface area contributed by atoms with Crippen molar-refractivity contribution >= 4 is 11.4 Å². The molecule has 0 aromatic heterocycles. The lowest BCUT2D eigenvalue weighted by Gasteiger charge is -2.58. The number of nitrogens with two attached hydrogens (primary N) is 2. The van der Waals surface area contributed by atoms with Crippen molar-refractivity contribution in [3.8, 4) is 0 Å². The molecule has 1 aromatic rings. The van der Waals surface area contributed by atoms with Crippen LogP contribution in [0.15, 0.2) is 29.8 Å². The maximum absolute atomic E-state index is 6.64. The van der Waals surface area contributed by atoms with Crippen molar-refractivity contribution < 1.29 is 4.74 Å². The topological polar surface area (TPSA) is 61.3 Å². The van der Waals surface area contributed by atoms with E-state index in [2.05, 4.69) is 47.6 Å². The van der Waals surface area contributed by atoms with Crippen LogP contribution in [-0.4, -0.2) is 6.10 Å². The Morgan fingerprint density at radius 2 is 1.74 bits per heavy atom. The summed E-state index contributed by atoms with van der Waals surface area (Å²) < 4.78 is 6.64. The van der Waals surface area contributed by atoms with E-state index in [1.807, 2.05) is 18.2 Å². The smallest absolute Gasteiger partial charge is 0.0820 e. The normalized spacial score (nSPS) is 38.2. The average molecular weight is 521 g/mol. The van der Waals surface area contributed by atoms with Crippen LogP contribution in [0.1, 0.15) is 124 Å². The van der Waals surface area contributed by atoms with E-state index in [1.54, 1.807) is 5.57 Å². The lowest BCUT2D eigenvalue weighted by molar-refractivity contribution is -0.0734. The minimum Gasteiger partial charge on any atom is -0.399 e. The summed E-state index contributed by atoms with van der Waals surface area (Å²) in [5.74, 6) is 5.34. The molecule has 3 heteroatoms. The number of hydrogen-bond acceptors (Lipinski definition) is 3. The Morgan fingerprint density at radius 3 is 2.47 bits per heavy atom. The molecule has 212 valence electrons. The largest absolute Gasteiger partial charge is 0.399 e. The van der Waals surface area contributed by atoms with Gasteiger partial charge in [0.2, 0.25) is 0 Å². The number of benzene rings is 1. The van der Waals surface area contributed by atoms with Crippen molar-refractivity contribution in [1.82, 2.24) is 0 Å². The summed E-state index contributed by atoms with van der Waals surface area (Å²) in [5, 5.41) is 0. The van der Waals surface area contributed by atoms with Crippen LogP contribution in [0, 0.1) is 46.3 Å². The lowest BCUT2D eigenvalue weighted by Crippen LogP contribution is -2.51. The lowest BCUT2D eigenvalue weighted by atomic mass is 9.47. The number of rotatable bonds is 8. The number of fused-ring (bicyclic) bond motifs is 5. The summed E-state index contributed by atoms with van der Waals surface area (Å²) in [6.45, 7) is 14.8. The Labute approximate surface area is 233 Å². The molecule has 0 radical (unpaired) electrons. The number of nitrogen functional groups attached to an aromatic ring is 2. The molecule has 3 nitrogen and oxygen atoms in total. The Morgan fingerprint density at radius 1 is 0.947 bits per heavy atom. The molecule has 0 heterocycles. The Kier molecular flexibility index (Phi) is 8.00. The first-order chi connectivity index (χ1) is 18.0. The maximum Gasteiger partial charge on any atom is 0.0820 e. The maximum atomic E-state index is 6.64. The fourth-order valence-corrected chi connectivity index (χ4v) is 10.1. The predicted molar refractivity (Wildman–Crippen MR) is 162 cm³/mol. The summed E-state index contributed by atoms with van der Waals surface area (Å²) in [7, 11) is 0. The first kappa shape index (κ1) is 28.1. The van der Waals surface area contributed by atoms with Crippen LogP contribution < -0.4 is 11.5 Å². The molecule has 3 fully saturated rings. The molecular formula is C35H56N2O. The van der Waals surface area contributed by atoms with Crippen LogP contribution in [0.2, 0.25) is 0 Å². The van der Waals surface area contributed by atoms with Crippen molar-refractivity contribution in [2.45, 2.75) is 124 Å². The zero-order chi connectivity index (χ0) is 27.2. The van der Waals surface area contributed by atoms with Crippen molar-refractivity contribution in [3.05, 3.63) is 35.4 Å². The molecule has 0 aliphatic heterocycles. The van der Waals surface area contributed by atoms with Gasteiger partial charge in [0.15, 0.2) is 0 Å². The van der Waals surface area contributed by atoms with Crippen LogP contribution in [0.5, 0.6) is 0 Å². The molecule has 9 atom stereocenters. The second-order valence-corrected chi connectivity index (χ2v) is 14.8.